The molecule has 4 aromatic rings. The number of rotatable bonds is 9. The van der Waals surface area contributed by atoms with Crippen molar-refractivity contribution in [2.24, 2.45) is 23.3 Å². The van der Waals surface area contributed by atoms with Crippen LogP contribution in [-0.4, -0.2) is 117 Å². The molecule has 4 aliphatic heterocycles. The Balaban J connectivity index is 0.000000207. The molecule has 2 aromatic carbocycles. The number of nitrogens with zero attached hydrogens (tertiary/aromatic N) is 7. The number of anilines is 5. The SMILES string of the molecule is NC(=O)[C@H]1CCN(c2ncnc(N)c2F)C[C@@H]1N1CCCC(Nc2cc(F)cc(C(F)(F)F)c2)C1=O.NC(=O)[C@H]1CCNC[C@@H]1N1CCCC(Nc2cc(F)cc(C(F)(F)F)c2)C1=O.Nc1ncnc(Cl)c1F. The summed E-state index contributed by atoms with van der Waals surface area (Å²) in [4.78, 5) is 69.0. The number of amides is 4. The van der Waals surface area contributed by atoms with Gasteiger partial charge in [0.05, 0.1) is 35.0 Å². The Hall–Kier alpha value is -6.97. The minimum absolute atomic E-state index is 0.0254. The third kappa shape index (κ3) is 13.8. The second-order valence-corrected chi connectivity index (χ2v) is 17.7. The van der Waals surface area contributed by atoms with Gasteiger partial charge in [0.1, 0.15) is 36.4 Å². The number of alkyl halides is 6. The van der Waals surface area contributed by atoms with Gasteiger partial charge in [-0.25, -0.2) is 28.7 Å². The Morgan fingerprint density at radius 3 is 1.60 bits per heavy atom. The summed E-state index contributed by atoms with van der Waals surface area (Å²) < 4.78 is 132. The third-order valence-electron chi connectivity index (χ3n) is 12.5. The van der Waals surface area contributed by atoms with E-state index in [4.69, 9.17) is 34.5 Å². The topological polar surface area (TPSA) is 270 Å². The highest BCUT2D eigenvalue weighted by Gasteiger charge is 2.44. The third-order valence-corrected chi connectivity index (χ3v) is 12.8. The number of nitrogens with two attached hydrogens (primary N) is 4. The monoisotopic (exact) mass is 1060 g/mol. The van der Waals surface area contributed by atoms with E-state index in [1.54, 1.807) is 9.80 Å². The van der Waals surface area contributed by atoms with Crippen LogP contribution in [-0.2, 0) is 31.5 Å². The van der Waals surface area contributed by atoms with E-state index in [9.17, 15) is 63.1 Å². The van der Waals surface area contributed by atoms with Crippen LogP contribution in [0, 0.1) is 35.1 Å². The van der Waals surface area contributed by atoms with Crippen LogP contribution in [0.1, 0.15) is 49.7 Å². The molecule has 6 heterocycles. The Morgan fingerprint density at radius 1 is 0.644 bits per heavy atom. The number of halogens is 11. The van der Waals surface area contributed by atoms with Gasteiger partial charge in [0, 0.05) is 44.1 Å². The van der Waals surface area contributed by atoms with Crippen LogP contribution in [0.3, 0.4) is 0 Å². The van der Waals surface area contributed by atoms with Gasteiger partial charge in [-0.15, -0.1) is 0 Å². The van der Waals surface area contributed by atoms with E-state index in [0.717, 1.165) is 36.9 Å². The van der Waals surface area contributed by atoms with Gasteiger partial charge in [0.15, 0.2) is 22.6 Å². The van der Waals surface area contributed by atoms with Crippen molar-refractivity contribution in [3.8, 4) is 0 Å². The summed E-state index contributed by atoms with van der Waals surface area (Å²) in [6.45, 7) is 1.98. The molecule has 4 fully saturated rings. The van der Waals surface area contributed by atoms with Crippen molar-refractivity contribution in [1.82, 2.24) is 35.1 Å². The number of piperidine rings is 4. The van der Waals surface area contributed by atoms with Crippen molar-refractivity contribution < 1.29 is 63.1 Å². The van der Waals surface area contributed by atoms with Crippen molar-refractivity contribution in [1.29, 1.82) is 0 Å². The van der Waals surface area contributed by atoms with Crippen LogP contribution >= 0.6 is 11.6 Å². The molecule has 29 heteroatoms. The maximum absolute atomic E-state index is 14.6. The zero-order valence-electron chi connectivity index (χ0n) is 38.3. The number of aromatic nitrogens is 4. The molecule has 0 saturated carbocycles. The first-order valence-electron chi connectivity index (χ1n) is 22.4. The number of primary amides is 2. The second-order valence-electron chi connectivity index (χ2n) is 17.3. The molecule has 2 unspecified atom stereocenters. The smallest absolute Gasteiger partial charge is 0.381 e. The average Bonchev–Trinajstić information content (AvgIpc) is 3.32. The fourth-order valence-corrected chi connectivity index (χ4v) is 9.17. The highest BCUT2D eigenvalue weighted by molar-refractivity contribution is 6.29. The van der Waals surface area contributed by atoms with Crippen molar-refractivity contribution in [2.45, 2.75) is 75.0 Å². The molecule has 4 saturated heterocycles. The first-order chi connectivity index (χ1) is 34.3. The van der Waals surface area contributed by atoms with Gasteiger partial charge in [0.25, 0.3) is 0 Å². The second kappa shape index (κ2) is 23.3. The Morgan fingerprint density at radius 2 is 1.12 bits per heavy atom. The van der Waals surface area contributed by atoms with Crippen molar-refractivity contribution >= 4 is 64.1 Å². The lowest BCUT2D eigenvalue weighted by atomic mass is 9.87. The number of carbonyl (C=O) groups is 4. The molecule has 0 bridgehead atoms. The first kappa shape index (κ1) is 55.3. The molecule has 0 radical (unpaired) electrons. The molecule has 8 rings (SSSR count). The fraction of sp³-hybridized carbons (Fsp3) is 0.455. The van der Waals surface area contributed by atoms with E-state index in [0.29, 0.717) is 57.5 Å². The Bertz CT molecular complexity index is 2630. The van der Waals surface area contributed by atoms with Crippen LogP contribution in [0.4, 0.5) is 72.7 Å². The van der Waals surface area contributed by atoms with Gasteiger partial charge >= 0.3 is 12.4 Å². The molecule has 4 amide bonds. The van der Waals surface area contributed by atoms with Crippen LogP contribution in [0.15, 0.2) is 49.1 Å². The van der Waals surface area contributed by atoms with Gasteiger partial charge < -0.3 is 53.6 Å². The molecule has 6 atom stereocenters. The number of hydrogen-bond acceptors (Lipinski definition) is 14. The minimum atomic E-state index is -4.76. The Kier molecular flexibility index (Phi) is 17.6. The van der Waals surface area contributed by atoms with E-state index in [-0.39, 0.29) is 72.4 Å². The molecular formula is C44H49ClF10N14O4. The van der Waals surface area contributed by atoms with Crippen LogP contribution < -0.4 is 43.8 Å². The van der Waals surface area contributed by atoms with Gasteiger partial charge in [-0.3, -0.25) is 19.2 Å². The standard InChI is InChI=1S/C22H24F5N7O2.C18H22F4N4O2.C4H3ClFN3/c23-12-6-11(22(25,26)27)7-13(8-12)32-15-2-1-4-34(21(15)36)16-9-33(5-3-14(16)19(29)35)20-17(24)18(28)30-10-31-20;19-11-6-10(18(20,21)22)7-12(8-11)25-14-2-1-5-26(17(14)28)15-9-24-4-3-13(15)16(23)27;5-3-2(6)4(7)9-1-8-3/h6-8,10,14-16,32H,1-5,9H2,(H2,29,35)(H2,28,30,31);6-8,13-15,24-25H,1-5,9H2,(H2,23,27);1H,(H2,7,8,9)/t14-,15?,16-;13-,14?,15-;/m00./s1. The molecule has 18 nitrogen and oxygen atoms in total. The normalized spacial score (nSPS) is 22.6. The van der Waals surface area contributed by atoms with Crippen LogP contribution in [0.25, 0.3) is 0 Å². The lowest BCUT2D eigenvalue weighted by Crippen LogP contribution is -2.61. The summed E-state index contributed by atoms with van der Waals surface area (Å²) in [5, 5.41) is 8.32. The quantitative estimate of drug-likeness (QED) is 0.0885. The predicted molar refractivity (Wildman–Crippen MR) is 245 cm³/mol. The Labute approximate surface area is 414 Å². The zero-order chi connectivity index (χ0) is 53.5. The largest absolute Gasteiger partial charge is 0.416 e. The lowest BCUT2D eigenvalue weighted by Gasteiger charge is -2.46. The lowest BCUT2D eigenvalue weighted by molar-refractivity contribution is -0.141. The molecular weight excluding hydrogens is 1010 g/mol. The molecule has 396 valence electrons. The van der Waals surface area contributed by atoms with Crippen molar-refractivity contribution in [2.75, 3.05) is 66.3 Å². The van der Waals surface area contributed by atoms with Crippen LogP contribution in [0.5, 0.6) is 0 Å². The highest BCUT2D eigenvalue weighted by atomic mass is 35.5. The average molecular weight is 1060 g/mol. The van der Waals surface area contributed by atoms with E-state index < -0.39 is 100 Å². The summed E-state index contributed by atoms with van der Waals surface area (Å²) >= 11 is 5.21. The molecule has 11 N–H and O–H groups in total. The highest BCUT2D eigenvalue weighted by Crippen LogP contribution is 2.35. The van der Waals surface area contributed by atoms with E-state index in [2.05, 4.69) is 35.9 Å². The van der Waals surface area contributed by atoms with E-state index in [1.165, 1.54) is 4.90 Å². The molecule has 0 spiro atoms. The minimum Gasteiger partial charge on any atom is -0.381 e. The van der Waals surface area contributed by atoms with Gasteiger partial charge in [-0.05, 0) is 81.5 Å². The molecule has 0 aliphatic carbocycles. The van der Waals surface area contributed by atoms with E-state index >= 15 is 0 Å². The van der Waals surface area contributed by atoms with Gasteiger partial charge in [-0.2, -0.15) is 35.1 Å². The number of nitrogen functional groups attached to an aromatic ring is 2. The summed E-state index contributed by atoms with van der Waals surface area (Å²) in [6, 6.07) is 1.18. The predicted octanol–water partition coefficient (Wildman–Crippen LogP) is 4.70. The van der Waals surface area contributed by atoms with Crippen LogP contribution in [0.2, 0.25) is 5.15 Å². The fourth-order valence-electron chi connectivity index (χ4n) is 9.03. The summed E-state index contributed by atoms with van der Waals surface area (Å²) in [6.07, 6.45) is -4.79. The number of hydrogen-bond donors (Lipinski definition) is 7. The number of carbonyl (C=O) groups excluding carboxylic acids is 4. The van der Waals surface area contributed by atoms with Crippen molar-refractivity contribution in [3.63, 3.8) is 0 Å². The molecule has 4 aliphatic rings. The van der Waals surface area contributed by atoms with Crippen molar-refractivity contribution in [3.05, 3.63) is 88.6 Å². The summed E-state index contributed by atoms with van der Waals surface area (Å²) in [5.41, 5.74) is 19.0. The van der Waals surface area contributed by atoms with E-state index in [1.807, 2.05) is 0 Å². The maximum Gasteiger partial charge on any atom is 0.416 e. The van der Waals surface area contributed by atoms with Gasteiger partial charge in [-0.1, -0.05) is 11.6 Å². The molecule has 73 heavy (non-hydrogen) atoms. The summed E-state index contributed by atoms with van der Waals surface area (Å²) in [5.74, 6) is -7.53. The number of nitrogens with one attached hydrogen (secondary N) is 3. The molecule has 2 aromatic heterocycles. The maximum atomic E-state index is 14.6. The van der Waals surface area contributed by atoms with Gasteiger partial charge in [0.2, 0.25) is 35.3 Å². The first-order valence-corrected chi connectivity index (χ1v) is 22.8. The zero-order valence-corrected chi connectivity index (χ0v) is 39.1. The summed E-state index contributed by atoms with van der Waals surface area (Å²) in [7, 11) is 0. The number of likely N-dealkylation sites (tertiary alicyclic amines) is 2. The number of benzene rings is 2.